The molecule has 1 aliphatic carbocycles. The lowest BCUT2D eigenvalue weighted by Gasteiger charge is -2.40. The third-order valence-corrected chi connectivity index (χ3v) is 4.67. The fraction of sp³-hybridized carbons (Fsp3) is 0.667. The number of carbonyl (C=O) groups excluding carboxylic acids is 1. The third kappa shape index (κ3) is 3.25. The average molecular weight is 289 g/mol. The lowest BCUT2D eigenvalue weighted by Crippen LogP contribution is -2.53. The number of amides is 2. The van der Waals surface area contributed by atoms with Crippen LogP contribution in [0.5, 0.6) is 0 Å². The molecule has 6 heteroatoms. The first-order valence-electron chi connectivity index (χ1n) is 7.70. The van der Waals surface area contributed by atoms with Crippen molar-refractivity contribution in [2.24, 2.45) is 5.41 Å². The van der Waals surface area contributed by atoms with Crippen LogP contribution in [0.25, 0.3) is 0 Å². The SMILES string of the molecule is CC1(CNC(=O)N2CCN(c3cnccn3)CC2)CCC1. The summed E-state index contributed by atoms with van der Waals surface area (Å²) in [5.74, 6) is 0.888. The minimum atomic E-state index is 0.0712. The van der Waals surface area contributed by atoms with Crippen LogP contribution in [0.1, 0.15) is 26.2 Å². The van der Waals surface area contributed by atoms with Gasteiger partial charge in [-0.05, 0) is 18.3 Å². The van der Waals surface area contributed by atoms with Crippen molar-refractivity contribution in [2.75, 3.05) is 37.6 Å². The highest BCUT2D eigenvalue weighted by molar-refractivity contribution is 5.74. The quantitative estimate of drug-likeness (QED) is 0.916. The van der Waals surface area contributed by atoms with E-state index < -0.39 is 0 Å². The third-order valence-electron chi connectivity index (χ3n) is 4.67. The number of anilines is 1. The van der Waals surface area contributed by atoms with Gasteiger partial charge >= 0.3 is 6.03 Å². The fourth-order valence-corrected chi connectivity index (χ4v) is 2.95. The van der Waals surface area contributed by atoms with Gasteiger partial charge in [-0.3, -0.25) is 4.98 Å². The van der Waals surface area contributed by atoms with Crippen molar-refractivity contribution >= 4 is 11.8 Å². The first-order valence-corrected chi connectivity index (χ1v) is 7.70. The first kappa shape index (κ1) is 14.1. The van der Waals surface area contributed by atoms with Gasteiger partial charge in [-0.1, -0.05) is 13.3 Å². The second-order valence-corrected chi connectivity index (χ2v) is 6.36. The number of hydrogen-bond acceptors (Lipinski definition) is 4. The van der Waals surface area contributed by atoms with Crippen LogP contribution in [0, 0.1) is 5.41 Å². The van der Waals surface area contributed by atoms with Gasteiger partial charge < -0.3 is 15.1 Å². The van der Waals surface area contributed by atoms with Gasteiger partial charge in [-0.15, -0.1) is 0 Å². The highest BCUT2D eigenvalue weighted by Gasteiger charge is 2.32. The summed E-state index contributed by atoms with van der Waals surface area (Å²) in [6.07, 6.45) is 8.90. The normalized spacial score (nSPS) is 20.8. The molecule has 3 rings (SSSR count). The Morgan fingerprint density at radius 2 is 2.05 bits per heavy atom. The molecule has 114 valence electrons. The summed E-state index contributed by atoms with van der Waals surface area (Å²) in [6.45, 7) is 6.14. The van der Waals surface area contributed by atoms with Crippen molar-refractivity contribution in [3.05, 3.63) is 18.6 Å². The van der Waals surface area contributed by atoms with Gasteiger partial charge in [-0.2, -0.15) is 0 Å². The van der Waals surface area contributed by atoms with Crippen molar-refractivity contribution in [1.29, 1.82) is 0 Å². The zero-order chi connectivity index (χ0) is 14.7. The molecule has 1 aromatic rings. The number of aromatic nitrogens is 2. The molecule has 1 aromatic heterocycles. The van der Waals surface area contributed by atoms with E-state index in [4.69, 9.17) is 0 Å². The Morgan fingerprint density at radius 3 is 2.62 bits per heavy atom. The number of piperazine rings is 1. The lowest BCUT2D eigenvalue weighted by molar-refractivity contribution is 0.146. The molecule has 21 heavy (non-hydrogen) atoms. The Hall–Kier alpha value is -1.85. The topological polar surface area (TPSA) is 61.4 Å². The molecule has 1 aliphatic heterocycles. The van der Waals surface area contributed by atoms with Crippen molar-refractivity contribution in [1.82, 2.24) is 20.2 Å². The maximum atomic E-state index is 12.2. The molecule has 0 bridgehead atoms. The van der Waals surface area contributed by atoms with E-state index in [0.29, 0.717) is 5.41 Å². The van der Waals surface area contributed by atoms with Gasteiger partial charge in [0.15, 0.2) is 0 Å². The molecule has 0 aromatic carbocycles. The monoisotopic (exact) mass is 289 g/mol. The van der Waals surface area contributed by atoms with E-state index >= 15 is 0 Å². The Labute approximate surface area is 125 Å². The Kier molecular flexibility index (Phi) is 3.94. The van der Waals surface area contributed by atoms with E-state index in [-0.39, 0.29) is 6.03 Å². The van der Waals surface area contributed by atoms with Gasteiger partial charge in [0.1, 0.15) is 5.82 Å². The van der Waals surface area contributed by atoms with Crippen LogP contribution in [0.4, 0.5) is 10.6 Å². The van der Waals surface area contributed by atoms with Crippen LogP contribution in [-0.4, -0.2) is 53.6 Å². The zero-order valence-electron chi connectivity index (χ0n) is 12.6. The maximum Gasteiger partial charge on any atom is 0.317 e. The number of hydrogen-bond donors (Lipinski definition) is 1. The van der Waals surface area contributed by atoms with Gasteiger partial charge in [-0.25, -0.2) is 9.78 Å². The molecule has 1 N–H and O–H groups in total. The van der Waals surface area contributed by atoms with E-state index in [0.717, 1.165) is 38.5 Å². The number of carbonyl (C=O) groups is 1. The molecule has 2 amide bonds. The summed E-state index contributed by atoms with van der Waals surface area (Å²) in [5.41, 5.74) is 0.330. The van der Waals surface area contributed by atoms with Gasteiger partial charge in [0.25, 0.3) is 0 Å². The highest BCUT2D eigenvalue weighted by Crippen LogP contribution is 2.39. The number of nitrogens with one attached hydrogen (secondary N) is 1. The molecule has 6 nitrogen and oxygen atoms in total. The number of urea groups is 1. The number of rotatable bonds is 3. The van der Waals surface area contributed by atoms with Crippen molar-refractivity contribution in [3.8, 4) is 0 Å². The van der Waals surface area contributed by atoms with Crippen molar-refractivity contribution < 1.29 is 4.79 Å². The van der Waals surface area contributed by atoms with Crippen molar-refractivity contribution in [2.45, 2.75) is 26.2 Å². The van der Waals surface area contributed by atoms with Gasteiger partial charge in [0.05, 0.1) is 6.20 Å². The van der Waals surface area contributed by atoms with Crippen LogP contribution in [-0.2, 0) is 0 Å². The van der Waals surface area contributed by atoms with E-state index in [1.54, 1.807) is 18.6 Å². The Balaban J connectivity index is 1.45. The fourth-order valence-electron chi connectivity index (χ4n) is 2.95. The highest BCUT2D eigenvalue weighted by atomic mass is 16.2. The van der Waals surface area contributed by atoms with Gasteiger partial charge in [0, 0.05) is 45.1 Å². The van der Waals surface area contributed by atoms with E-state index in [1.165, 1.54) is 19.3 Å². The molecule has 1 saturated carbocycles. The Morgan fingerprint density at radius 1 is 1.29 bits per heavy atom. The minimum Gasteiger partial charge on any atom is -0.352 e. The molecular formula is C15H23N5O. The summed E-state index contributed by atoms with van der Waals surface area (Å²) in [7, 11) is 0. The van der Waals surface area contributed by atoms with Crippen LogP contribution in [0.3, 0.4) is 0 Å². The molecule has 0 unspecified atom stereocenters. The summed E-state index contributed by atoms with van der Waals surface area (Å²) >= 11 is 0. The molecule has 1 saturated heterocycles. The van der Waals surface area contributed by atoms with Crippen LogP contribution in [0.15, 0.2) is 18.6 Å². The summed E-state index contributed by atoms with van der Waals surface area (Å²) in [4.78, 5) is 24.7. The Bertz CT molecular complexity index is 480. The van der Waals surface area contributed by atoms with E-state index in [1.807, 2.05) is 4.90 Å². The first-order chi connectivity index (χ1) is 10.2. The van der Waals surface area contributed by atoms with Crippen LogP contribution < -0.4 is 10.2 Å². The average Bonchev–Trinajstić information content (AvgIpc) is 2.52. The standard InChI is InChI=1S/C15H23N5O/c1-15(3-2-4-15)12-18-14(21)20-9-7-19(8-10-20)13-11-16-5-6-17-13/h5-6,11H,2-4,7-10,12H2,1H3,(H,18,21). The minimum absolute atomic E-state index is 0.0712. The lowest BCUT2D eigenvalue weighted by atomic mass is 9.70. The predicted molar refractivity (Wildman–Crippen MR) is 81.2 cm³/mol. The molecule has 2 aliphatic rings. The predicted octanol–water partition coefficient (Wildman–Crippen LogP) is 1.50. The number of nitrogens with zero attached hydrogens (tertiary/aromatic N) is 4. The summed E-state index contributed by atoms with van der Waals surface area (Å²) in [6, 6.07) is 0.0712. The summed E-state index contributed by atoms with van der Waals surface area (Å²) < 4.78 is 0. The van der Waals surface area contributed by atoms with Gasteiger partial charge in [0.2, 0.25) is 0 Å². The molecule has 2 heterocycles. The second kappa shape index (κ2) is 5.87. The second-order valence-electron chi connectivity index (χ2n) is 6.36. The molecule has 0 atom stereocenters. The van der Waals surface area contributed by atoms with E-state index in [2.05, 4.69) is 27.1 Å². The zero-order valence-corrected chi connectivity index (χ0v) is 12.6. The van der Waals surface area contributed by atoms with Crippen LogP contribution in [0.2, 0.25) is 0 Å². The summed E-state index contributed by atoms with van der Waals surface area (Å²) in [5, 5.41) is 3.09. The molecular weight excluding hydrogens is 266 g/mol. The molecule has 0 spiro atoms. The van der Waals surface area contributed by atoms with Crippen molar-refractivity contribution in [3.63, 3.8) is 0 Å². The molecule has 2 fully saturated rings. The smallest absolute Gasteiger partial charge is 0.317 e. The van der Waals surface area contributed by atoms with Crippen LogP contribution >= 0.6 is 0 Å². The molecule has 0 radical (unpaired) electrons. The largest absolute Gasteiger partial charge is 0.352 e. The van der Waals surface area contributed by atoms with E-state index in [9.17, 15) is 4.79 Å². The maximum absolute atomic E-state index is 12.2.